The molecule has 0 saturated carbocycles. The first-order chi connectivity index (χ1) is 8.00. The van der Waals surface area contributed by atoms with Crippen molar-refractivity contribution in [1.29, 1.82) is 0 Å². The van der Waals surface area contributed by atoms with E-state index in [1.54, 1.807) is 0 Å². The van der Waals surface area contributed by atoms with E-state index in [1.807, 2.05) is 6.26 Å². The standard InChI is InChI=1S/C13H17N3S/c1-13(2,3)10-7-5-9(6-8-10)11-14-12(17-4)16-15-11/h5-8H,1-4H3,(H,14,15,16). The van der Waals surface area contributed by atoms with Crippen LogP contribution in [0.15, 0.2) is 29.4 Å². The zero-order chi connectivity index (χ0) is 12.5. The number of benzene rings is 1. The van der Waals surface area contributed by atoms with Gasteiger partial charge in [0.2, 0.25) is 5.16 Å². The molecular formula is C13H17N3S. The summed E-state index contributed by atoms with van der Waals surface area (Å²) in [6.07, 6.45) is 1.97. The second kappa shape index (κ2) is 4.53. The number of nitrogens with zero attached hydrogens (tertiary/aromatic N) is 2. The molecule has 0 aliphatic rings. The Balaban J connectivity index is 2.29. The van der Waals surface area contributed by atoms with Crippen LogP contribution in [-0.2, 0) is 5.41 Å². The van der Waals surface area contributed by atoms with Crippen LogP contribution in [0.5, 0.6) is 0 Å². The van der Waals surface area contributed by atoms with Crippen LogP contribution in [0.25, 0.3) is 11.4 Å². The Bertz CT molecular complexity index is 494. The van der Waals surface area contributed by atoms with E-state index in [1.165, 1.54) is 17.3 Å². The smallest absolute Gasteiger partial charge is 0.208 e. The average molecular weight is 247 g/mol. The maximum absolute atomic E-state index is 4.39. The van der Waals surface area contributed by atoms with Crippen molar-refractivity contribution in [3.05, 3.63) is 29.8 Å². The van der Waals surface area contributed by atoms with Gasteiger partial charge in [0.05, 0.1) is 0 Å². The lowest BCUT2D eigenvalue weighted by molar-refractivity contribution is 0.590. The zero-order valence-electron chi connectivity index (χ0n) is 10.6. The van der Waals surface area contributed by atoms with Gasteiger partial charge < -0.3 is 0 Å². The second-order valence-electron chi connectivity index (χ2n) is 5.00. The summed E-state index contributed by atoms with van der Waals surface area (Å²) < 4.78 is 0. The second-order valence-corrected chi connectivity index (χ2v) is 5.77. The van der Waals surface area contributed by atoms with Crippen LogP contribution >= 0.6 is 11.8 Å². The van der Waals surface area contributed by atoms with Gasteiger partial charge in [0.25, 0.3) is 0 Å². The van der Waals surface area contributed by atoms with Crippen molar-refractivity contribution >= 4 is 11.8 Å². The fraction of sp³-hybridized carbons (Fsp3) is 0.385. The maximum Gasteiger partial charge on any atom is 0.208 e. The topological polar surface area (TPSA) is 41.6 Å². The quantitative estimate of drug-likeness (QED) is 0.826. The highest BCUT2D eigenvalue weighted by Gasteiger charge is 2.13. The van der Waals surface area contributed by atoms with Crippen LogP contribution in [0.4, 0.5) is 0 Å². The van der Waals surface area contributed by atoms with Crippen molar-refractivity contribution in [1.82, 2.24) is 15.2 Å². The SMILES string of the molecule is CSc1n[nH]c(-c2ccc(C(C)(C)C)cc2)n1. The maximum atomic E-state index is 4.39. The Morgan fingerprint density at radius 1 is 1.12 bits per heavy atom. The zero-order valence-corrected chi connectivity index (χ0v) is 11.4. The van der Waals surface area contributed by atoms with E-state index in [4.69, 9.17) is 0 Å². The minimum absolute atomic E-state index is 0.185. The molecule has 0 unspecified atom stereocenters. The third-order valence-corrected chi connectivity index (χ3v) is 3.22. The fourth-order valence-corrected chi connectivity index (χ4v) is 1.91. The average Bonchev–Trinajstić information content (AvgIpc) is 2.76. The molecule has 90 valence electrons. The summed E-state index contributed by atoms with van der Waals surface area (Å²) in [5.41, 5.74) is 2.58. The van der Waals surface area contributed by atoms with Crippen LogP contribution in [0.3, 0.4) is 0 Å². The molecule has 0 bridgehead atoms. The molecule has 0 aliphatic heterocycles. The molecule has 0 amide bonds. The van der Waals surface area contributed by atoms with Gasteiger partial charge in [-0.05, 0) is 17.2 Å². The summed E-state index contributed by atoms with van der Waals surface area (Å²) in [7, 11) is 0. The Morgan fingerprint density at radius 3 is 2.24 bits per heavy atom. The Morgan fingerprint density at radius 2 is 1.76 bits per heavy atom. The van der Waals surface area contributed by atoms with Crippen molar-refractivity contribution in [2.75, 3.05) is 6.26 Å². The van der Waals surface area contributed by atoms with E-state index in [-0.39, 0.29) is 5.41 Å². The largest absolute Gasteiger partial charge is 0.258 e. The molecule has 4 heteroatoms. The number of H-pyrrole nitrogens is 1. The van der Waals surface area contributed by atoms with Crippen LogP contribution < -0.4 is 0 Å². The van der Waals surface area contributed by atoms with E-state index in [2.05, 4.69) is 60.2 Å². The highest BCUT2D eigenvalue weighted by molar-refractivity contribution is 7.98. The van der Waals surface area contributed by atoms with Crippen molar-refractivity contribution < 1.29 is 0 Å². The van der Waals surface area contributed by atoms with Gasteiger partial charge in [0, 0.05) is 5.56 Å². The highest BCUT2D eigenvalue weighted by Crippen LogP contribution is 2.25. The van der Waals surface area contributed by atoms with Gasteiger partial charge in [-0.2, -0.15) is 0 Å². The molecule has 1 aromatic heterocycles. The van der Waals surface area contributed by atoms with E-state index in [0.29, 0.717) is 0 Å². The predicted octanol–water partition coefficient (Wildman–Crippen LogP) is 3.49. The molecule has 0 atom stereocenters. The van der Waals surface area contributed by atoms with Crippen molar-refractivity contribution in [2.45, 2.75) is 31.3 Å². The Kier molecular flexibility index (Phi) is 3.24. The first-order valence-corrected chi connectivity index (χ1v) is 6.80. The molecule has 0 spiro atoms. The van der Waals surface area contributed by atoms with Crippen LogP contribution in [0, 0.1) is 0 Å². The van der Waals surface area contributed by atoms with Gasteiger partial charge in [-0.15, -0.1) is 5.10 Å². The Labute approximate surface area is 106 Å². The molecule has 2 aromatic rings. The van der Waals surface area contributed by atoms with Crippen LogP contribution in [0.1, 0.15) is 26.3 Å². The monoisotopic (exact) mass is 247 g/mol. The minimum Gasteiger partial charge on any atom is -0.258 e. The van der Waals surface area contributed by atoms with Gasteiger partial charge in [-0.3, -0.25) is 5.10 Å². The molecular weight excluding hydrogens is 230 g/mol. The summed E-state index contributed by atoms with van der Waals surface area (Å²) in [6, 6.07) is 8.48. The summed E-state index contributed by atoms with van der Waals surface area (Å²) in [6.45, 7) is 6.63. The predicted molar refractivity (Wildman–Crippen MR) is 72.3 cm³/mol. The van der Waals surface area contributed by atoms with Gasteiger partial charge in [-0.25, -0.2) is 4.98 Å². The van der Waals surface area contributed by atoms with Crippen molar-refractivity contribution in [2.24, 2.45) is 0 Å². The molecule has 1 aromatic carbocycles. The van der Waals surface area contributed by atoms with Crippen molar-refractivity contribution in [3.8, 4) is 11.4 Å². The lowest BCUT2D eigenvalue weighted by atomic mass is 9.87. The molecule has 0 radical (unpaired) electrons. The summed E-state index contributed by atoms with van der Waals surface area (Å²) in [5.74, 6) is 0.829. The van der Waals surface area contributed by atoms with Gasteiger partial charge >= 0.3 is 0 Å². The molecule has 2 rings (SSSR count). The van der Waals surface area contributed by atoms with E-state index in [0.717, 1.165) is 16.5 Å². The van der Waals surface area contributed by atoms with E-state index >= 15 is 0 Å². The molecule has 1 N–H and O–H groups in total. The normalized spacial score (nSPS) is 11.8. The third-order valence-electron chi connectivity index (χ3n) is 2.67. The van der Waals surface area contributed by atoms with Crippen LogP contribution in [-0.4, -0.2) is 21.4 Å². The Hall–Kier alpha value is -1.29. The van der Waals surface area contributed by atoms with Gasteiger partial charge in [0.15, 0.2) is 5.82 Å². The van der Waals surface area contributed by atoms with Crippen molar-refractivity contribution in [3.63, 3.8) is 0 Å². The molecule has 0 fully saturated rings. The number of rotatable bonds is 2. The minimum atomic E-state index is 0.185. The molecule has 3 nitrogen and oxygen atoms in total. The number of nitrogens with one attached hydrogen (secondary N) is 1. The summed E-state index contributed by atoms with van der Waals surface area (Å²) in [4.78, 5) is 4.39. The first kappa shape index (κ1) is 12.2. The van der Waals surface area contributed by atoms with Gasteiger partial charge in [0.1, 0.15) is 0 Å². The number of hydrogen-bond donors (Lipinski definition) is 1. The molecule has 0 aliphatic carbocycles. The number of thioether (sulfide) groups is 1. The molecule has 0 saturated heterocycles. The van der Waals surface area contributed by atoms with Gasteiger partial charge in [-0.1, -0.05) is 56.8 Å². The number of aromatic nitrogens is 3. The fourth-order valence-electron chi connectivity index (χ4n) is 1.59. The highest BCUT2D eigenvalue weighted by atomic mass is 32.2. The lowest BCUT2D eigenvalue weighted by Crippen LogP contribution is -2.10. The first-order valence-electron chi connectivity index (χ1n) is 5.58. The van der Waals surface area contributed by atoms with E-state index < -0.39 is 0 Å². The van der Waals surface area contributed by atoms with Crippen LogP contribution in [0.2, 0.25) is 0 Å². The van der Waals surface area contributed by atoms with E-state index in [9.17, 15) is 0 Å². The summed E-state index contributed by atoms with van der Waals surface area (Å²) in [5, 5.41) is 7.84. The summed E-state index contributed by atoms with van der Waals surface area (Å²) >= 11 is 1.54. The lowest BCUT2D eigenvalue weighted by Gasteiger charge is -2.18. The number of aromatic amines is 1. The molecule has 1 heterocycles. The number of hydrogen-bond acceptors (Lipinski definition) is 3. The third kappa shape index (κ3) is 2.69. The molecule has 17 heavy (non-hydrogen) atoms.